The first-order chi connectivity index (χ1) is 17.7. The molecule has 3 rings (SSSR count). The number of halogens is 2. The fraction of sp³-hybridized carbons (Fsp3) is 0.385. The van der Waals surface area contributed by atoms with Crippen LogP contribution in [-0.2, 0) is 11.2 Å². The third-order valence-corrected chi connectivity index (χ3v) is 6.63. The molecule has 0 fully saturated rings. The highest BCUT2D eigenvalue weighted by molar-refractivity contribution is 7.16. The standard InChI is InChI=1S/C26H29ClFN5O3S/c1-6-35-25(34)23-21(37-26(29-23)33(5)22-15-17(2)24(27)31-30-22)10-8-14-36-20-12-11-18(16-19(20)28)9-7-13-32(3)4/h11-12,15-16H,6,8,10,13-14H2,1-5H3. The van der Waals surface area contributed by atoms with E-state index in [1.165, 1.54) is 17.4 Å². The Labute approximate surface area is 225 Å². The summed E-state index contributed by atoms with van der Waals surface area (Å²) in [4.78, 5) is 21.5. The van der Waals surface area contributed by atoms with E-state index in [1.54, 1.807) is 37.1 Å². The van der Waals surface area contributed by atoms with Crippen LogP contribution < -0.4 is 9.64 Å². The SMILES string of the molecule is CCOC(=O)c1nc(N(C)c2cc(C)c(Cl)nn2)sc1CCCOc1ccc(C#CCN(C)C)cc1F. The molecule has 0 unspecified atom stereocenters. The molecule has 3 aromatic rings. The van der Waals surface area contributed by atoms with Crippen molar-refractivity contribution < 1.29 is 18.7 Å². The van der Waals surface area contributed by atoms with Crippen LogP contribution in [0, 0.1) is 24.6 Å². The Kier molecular flexibility index (Phi) is 10.2. The molecule has 196 valence electrons. The van der Waals surface area contributed by atoms with Gasteiger partial charge in [0, 0.05) is 17.5 Å². The predicted molar refractivity (Wildman–Crippen MR) is 144 cm³/mol. The summed E-state index contributed by atoms with van der Waals surface area (Å²) in [6, 6.07) is 6.46. The maximum absolute atomic E-state index is 14.5. The third kappa shape index (κ3) is 7.86. The topological polar surface area (TPSA) is 80.7 Å². The average molecular weight is 546 g/mol. The van der Waals surface area contributed by atoms with Crippen LogP contribution in [0.15, 0.2) is 24.3 Å². The summed E-state index contributed by atoms with van der Waals surface area (Å²) in [6.07, 6.45) is 1.04. The second kappa shape index (κ2) is 13.3. The zero-order chi connectivity index (χ0) is 26.9. The number of carbonyl (C=O) groups excluding carboxylic acids is 1. The first kappa shape index (κ1) is 28.3. The lowest BCUT2D eigenvalue weighted by Gasteiger charge is -2.14. The summed E-state index contributed by atoms with van der Waals surface area (Å²) >= 11 is 7.34. The predicted octanol–water partition coefficient (Wildman–Crippen LogP) is 4.90. The molecule has 0 radical (unpaired) electrons. The number of anilines is 2. The molecule has 0 bridgehead atoms. The number of hydrogen-bond donors (Lipinski definition) is 0. The largest absolute Gasteiger partial charge is 0.491 e. The van der Waals surface area contributed by atoms with E-state index in [0.717, 1.165) is 10.4 Å². The molecule has 0 aliphatic rings. The number of hydrogen-bond acceptors (Lipinski definition) is 9. The van der Waals surface area contributed by atoms with Crippen LogP contribution in [0.3, 0.4) is 0 Å². The molecule has 0 aliphatic carbocycles. The lowest BCUT2D eigenvalue weighted by Crippen LogP contribution is -2.13. The van der Waals surface area contributed by atoms with Gasteiger partial charge in [-0.25, -0.2) is 14.2 Å². The van der Waals surface area contributed by atoms with Gasteiger partial charge in [-0.1, -0.05) is 23.4 Å². The zero-order valence-corrected chi connectivity index (χ0v) is 23.0. The normalized spacial score (nSPS) is 10.7. The van der Waals surface area contributed by atoms with Crippen molar-refractivity contribution in [3.8, 4) is 17.6 Å². The van der Waals surface area contributed by atoms with Crippen molar-refractivity contribution in [1.29, 1.82) is 0 Å². The van der Waals surface area contributed by atoms with Crippen LogP contribution in [0.2, 0.25) is 5.15 Å². The van der Waals surface area contributed by atoms with Crippen LogP contribution in [0.4, 0.5) is 15.3 Å². The quantitative estimate of drug-likeness (QED) is 0.202. The van der Waals surface area contributed by atoms with Crippen LogP contribution in [0.5, 0.6) is 5.75 Å². The van der Waals surface area contributed by atoms with Gasteiger partial charge in [-0.15, -0.1) is 21.5 Å². The van der Waals surface area contributed by atoms with E-state index in [9.17, 15) is 9.18 Å². The Morgan fingerprint density at radius 2 is 2.00 bits per heavy atom. The minimum atomic E-state index is -0.496. The molecule has 0 spiro atoms. The highest BCUT2D eigenvalue weighted by atomic mass is 35.5. The van der Waals surface area contributed by atoms with Gasteiger partial charge in [0.05, 0.1) is 19.8 Å². The Morgan fingerprint density at radius 3 is 2.68 bits per heavy atom. The number of aryl methyl sites for hydroxylation is 2. The van der Waals surface area contributed by atoms with Gasteiger partial charge in [-0.3, -0.25) is 4.90 Å². The first-order valence-electron chi connectivity index (χ1n) is 11.7. The van der Waals surface area contributed by atoms with Crippen molar-refractivity contribution in [3.63, 3.8) is 0 Å². The maximum Gasteiger partial charge on any atom is 0.358 e. The van der Waals surface area contributed by atoms with E-state index in [4.69, 9.17) is 21.1 Å². The van der Waals surface area contributed by atoms with Gasteiger partial charge >= 0.3 is 5.97 Å². The van der Waals surface area contributed by atoms with Crippen molar-refractivity contribution in [3.05, 3.63) is 56.9 Å². The summed E-state index contributed by atoms with van der Waals surface area (Å²) < 4.78 is 25.3. The Morgan fingerprint density at radius 1 is 1.22 bits per heavy atom. The smallest absolute Gasteiger partial charge is 0.358 e. The highest BCUT2D eigenvalue weighted by Crippen LogP contribution is 2.32. The summed E-state index contributed by atoms with van der Waals surface area (Å²) in [5, 5.41) is 8.94. The molecular weight excluding hydrogens is 517 g/mol. The Hall–Kier alpha value is -3.26. The van der Waals surface area contributed by atoms with Crippen molar-refractivity contribution in [1.82, 2.24) is 20.1 Å². The van der Waals surface area contributed by atoms with Crippen molar-refractivity contribution in [2.45, 2.75) is 26.7 Å². The van der Waals surface area contributed by atoms with E-state index in [0.29, 0.717) is 41.1 Å². The lowest BCUT2D eigenvalue weighted by atomic mass is 10.2. The fourth-order valence-corrected chi connectivity index (χ4v) is 4.29. The summed E-state index contributed by atoms with van der Waals surface area (Å²) in [6.45, 7) is 4.66. The fourth-order valence-electron chi connectivity index (χ4n) is 3.14. The number of benzene rings is 1. The van der Waals surface area contributed by atoms with E-state index < -0.39 is 11.8 Å². The second-order valence-electron chi connectivity index (χ2n) is 8.36. The van der Waals surface area contributed by atoms with Gasteiger partial charge < -0.3 is 14.4 Å². The van der Waals surface area contributed by atoms with E-state index >= 15 is 0 Å². The maximum atomic E-state index is 14.5. The van der Waals surface area contributed by atoms with E-state index in [2.05, 4.69) is 27.0 Å². The van der Waals surface area contributed by atoms with Gasteiger partial charge in [0.25, 0.3) is 0 Å². The van der Waals surface area contributed by atoms with Gasteiger partial charge in [-0.2, -0.15) is 0 Å². The molecule has 0 N–H and O–H groups in total. The molecule has 2 heterocycles. The number of aromatic nitrogens is 3. The minimum Gasteiger partial charge on any atom is -0.491 e. The molecule has 0 atom stereocenters. The van der Waals surface area contributed by atoms with E-state index in [-0.39, 0.29) is 24.7 Å². The van der Waals surface area contributed by atoms with Crippen molar-refractivity contribution in [2.75, 3.05) is 45.8 Å². The summed E-state index contributed by atoms with van der Waals surface area (Å²) in [5.74, 6) is 5.65. The number of nitrogens with zero attached hydrogens (tertiary/aromatic N) is 5. The summed E-state index contributed by atoms with van der Waals surface area (Å²) in [5.41, 5.74) is 1.62. The van der Waals surface area contributed by atoms with Gasteiger partial charge in [0.2, 0.25) is 0 Å². The molecular formula is C26H29ClFN5O3S. The third-order valence-electron chi connectivity index (χ3n) is 5.06. The molecule has 0 aliphatic heterocycles. The molecule has 0 saturated heterocycles. The Bertz CT molecular complexity index is 1310. The van der Waals surface area contributed by atoms with Crippen LogP contribution in [0.1, 0.15) is 39.8 Å². The molecule has 2 aromatic heterocycles. The van der Waals surface area contributed by atoms with Crippen LogP contribution in [-0.4, -0.2) is 67.0 Å². The minimum absolute atomic E-state index is 0.158. The highest BCUT2D eigenvalue weighted by Gasteiger charge is 2.22. The molecule has 37 heavy (non-hydrogen) atoms. The molecule has 11 heteroatoms. The molecule has 0 saturated carbocycles. The van der Waals surface area contributed by atoms with Crippen LogP contribution in [0.25, 0.3) is 0 Å². The molecule has 1 aromatic carbocycles. The number of ether oxygens (including phenoxy) is 2. The lowest BCUT2D eigenvalue weighted by molar-refractivity contribution is 0.0519. The Balaban J connectivity index is 1.67. The van der Waals surface area contributed by atoms with Crippen molar-refractivity contribution >= 4 is 39.9 Å². The van der Waals surface area contributed by atoms with Gasteiger partial charge in [0.1, 0.15) is 0 Å². The number of esters is 1. The monoisotopic (exact) mass is 545 g/mol. The van der Waals surface area contributed by atoms with Gasteiger partial charge in [-0.05, 0) is 70.6 Å². The zero-order valence-electron chi connectivity index (χ0n) is 21.5. The average Bonchev–Trinajstić information content (AvgIpc) is 3.28. The van der Waals surface area contributed by atoms with Gasteiger partial charge in [0.15, 0.2) is 33.4 Å². The number of thiazole rings is 1. The number of carbonyl (C=O) groups is 1. The van der Waals surface area contributed by atoms with Crippen molar-refractivity contribution in [2.24, 2.45) is 0 Å². The molecule has 0 amide bonds. The van der Waals surface area contributed by atoms with E-state index in [1.807, 2.05) is 25.9 Å². The number of rotatable bonds is 10. The first-order valence-corrected chi connectivity index (χ1v) is 12.8. The van der Waals surface area contributed by atoms with Crippen LogP contribution >= 0.6 is 22.9 Å². The summed E-state index contributed by atoms with van der Waals surface area (Å²) in [7, 11) is 5.63. The molecule has 8 nitrogen and oxygen atoms in total. The second-order valence-corrected chi connectivity index (χ2v) is 9.78.